The van der Waals surface area contributed by atoms with Crippen molar-refractivity contribution in [1.82, 2.24) is 0 Å². The van der Waals surface area contributed by atoms with Gasteiger partial charge in [0.15, 0.2) is 0 Å². The van der Waals surface area contributed by atoms with E-state index in [2.05, 4.69) is 0 Å². The highest BCUT2D eigenvalue weighted by atomic mass is 35.5. The number of nitro groups is 1. The molecular formula is C10H5Cl2NO2S. The van der Waals surface area contributed by atoms with Gasteiger partial charge in [-0.05, 0) is 12.1 Å². The SMILES string of the molecule is O=[N+]([O-])c1ccccc1-c1cc(Cl)sc1Cl. The summed E-state index contributed by atoms with van der Waals surface area (Å²) in [5, 5.41) is 10.8. The maximum absolute atomic E-state index is 10.8. The largest absolute Gasteiger partial charge is 0.277 e. The minimum Gasteiger partial charge on any atom is -0.258 e. The normalized spacial score (nSPS) is 10.4. The summed E-state index contributed by atoms with van der Waals surface area (Å²) < 4.78 is 0.970. The van der Waals surface area contributed by atoms with E-state index in [1.54, 1.807) is 24.3 Å². The zero-order chi connectivity index (χ0) is 11.7. The van der Waals surface area contributed by atoms with Gasteiger partial charge in [-0.1, -0.05) is 35.3 Å². The summed E-state index contributed by atoms with van der Waals surface area (Å²) in [4.78, 5) is 10.4. The summed E-state index contributed by atoms with van der Waals surface area (Å²) in [5.74, 6) is 0. The van der Waals surface area contributed by atoms with Crippen LogP contribution in [0.15, 0.2) is 30.3 Å². The van der Waals surface area contributed by atoms with E-state index in [-0.39, 0.29) is 5.69 Å². The van der Waals surface area contributed by atoms with Crippen LogP contribution >= 0.6 is 34.5 Å². The third-order valence-corrected chi connectivity index (χ3v) is 3.54. The Balaban J connectivity index is 2.64. The van der Waals surface area contributed by atoms with Crippen molar-refractivity contribution in [3.63, 3.8) is 0 Å². The number of thiophene rings is 1. The number of nitro benzene ring substituents is 1. The van der Waals surface area contributed by atoms with E-state index in [9.17, 15) is 10.1 Å². The summed E-state index contributed by atoms with van der Waals surface area (Å²) in [7, 11) is 0. The number of hydrogen-bond donors (Lipinski definition) is 0. The average Bonchev–Trinajstić information content (AvgIpc) is 2.57. The molecule has 0 aliphatic carbocycles. The van der Waals surface area contributed by atoms with E-state index in [4.69, 9.17) is 23.2 Å². The first-order chi connectivity index (χ1) is 7.59. The van der Waals surface area contributed by atoms with Crippen molar-refractivity contribution in [3.05, 3.63) is 49.1 Å². The Bertz CT molecular complexity index is 554. The van der Waals surface area contributed by atoms with Gasteiger partial charge in [-0.15, -0.1) is 11.3 Å². The molecule has 0 aliphatic rings. The van der Waals surface area contributed by atoms with Gasteiger partial charge < -0.3 is 0 Å². The van der Waals surface area contributed by atoms with Gasteiger partial charge >= 0.3 is 0 Å². The lowest BCUT2D eigenvalue weighted by molar-refractivity contribution is -0.384. The van der Waals surface area contributed by atoms with Gasteiger partial charge in [-0.25, -0.2) is 0 Å². The van der Waals surface area contributed by atoms with Gasteiger partial charge in [0.1, 0.15) is 4.34 Å². The molecule has 2 aromatic rings. The molecule has 0 saturated carbocycles. The number of halogens is 2. The lowest BCUT2D eigenvalue weighted by Gasteiger charge is -2.00. The molecule has 0 fully saturated rings. The van der Waals surface area contributed by atoms with E-state index < -0.39 is 4.92 Å². The predicted octanol–water partition coefficient (Wildman–Crippen LogP) is 4.63. The van der Waals surface area contributed by atoms with E-state index in [0.717, 1.165) is 0 Å². The predicted molar refractivity (Wildman–Crippen MR) is 66.4 cm³/mol. The Labute approximate surface area is 105 Å². The molecule has 0 spiro atoms. The van der Waals surface area contributed by atoms with Gasteiger partial charge in [0.25, 0.3) is 5.69 Å². The molecule has 6 heteroatoms. The molecule has 1 aromatic heterocycles. The third-order valence-electron chi connectivity index (χ3n) is 2.05. The molecule has 3 nitrogen and oxygen atoms in total. The molecular weight excluding hydrogens is 269 g/mol. The maximum Gasteiger partial charge on any atom is 0.277 e. The fourth-order valence-corrected chi connectivity index (χ4v) is 2.88. The second-order valence-corrected chi connectivity index (χ2v) is 5.30. The van der Waals surface area contributed by atoms with Crippen LogP contribution in [0.1, 0.15) is 0 Å². The van der Waals surface area contributed by atoms with Crippen LogP contribution in [0, 0.1) is 10.1 Å². The molecule has 0 radical (unpaired) electrons. The van der Waals surface area contributed by atoms with Crippen LogP contribution in [0.2, 0.25) is 8.67 Å². The summed E-state index contributed by atoms with van der Waals surface area (Å²) >= 11 is 13.0. The zero-order valence-corrected chi connectivity index (χ0v) is 10.1. The Kier molecular flexibility index (Phi) is 3.14. The van der Waals surface area contributed by atoms with E-state index >= 15 is 0 Å². The highest BCUT2D eigenvalue weighted by Crippen LogP contribution is 2.41. The second kappa shape index (κ2) is 4.41. The lowest BCUT2D eigenvalue weighted by Crippen LogP contribution is -1.90. The maximum atomic E-state index is 10.8. The first-order valence-corrected chi connectivity index (χ1v) is 5.85. The Morgan fingerprint density at radius 1 is 1.19 bits per heavy atom. The number of benzene rings is 1. The van der Waals surface area contributed by atoms with E-state index in [0.29, 0.717) is 19.8 Å². The van der Waals surface area contributed by atoms with Crippen LogP contribution in [-0.2, 0) is 0 Å². The zero-order valence-electron chi connectivity index (χ0n) is 7.81. The molecule has 0 aliphatic heterocycles. The molecule has 1 aromatic carbocycles. The molecule has 0 amide bonds. The van der Waals surface area contributed by atoms with Gasteiger partial charge in [-0.3, -0.25) is 10.1 Å². The monoisotopic (exact) mass is 273 g/mol. The van der Waals surface area contributed by atoms with Crippen molar-refractivity contribution < 1.29 is 4.92 Å². The third kappa shape index (κ3) is 2.04. The van der Waals surface area contributed by atoms with Crippen molar-refractivity contribution in [2.75, 3.05) is 0 Å². The van der Waals surface area contributed by atoms with Crippen LogP contribution in [0.4, 0.5) is 5.69 Å². The van der Waals surface area contributed by atoms with Crippen LogP contribution in [-0.4, -0.2) is 4.92 Å². The van der Waals surface area contributed by atoms with Crippen molar-refractivity contribution in [3.8, 4) is 11.1 Å². The Morgan fingerprint density at radius 3 is 2.44 bits per heavy atom. The van der Waals surface area contributed by atoms with Gasteiger partial charge in [0.05, 0.1) is 14.8 Å². The molecule has 2 rings (SSSR count). The van der Waals surface area contributed by atoms with Crippen LogP contribution in [0.5, 0.6) is 0 Å². The van der Waals surface area contributed by atoms with Crippen LogP contribution < -0.4 is 0 Å². The lowest BCUT2D eigenvalue weighted by atomic mass is 10.1. The molecule has 0 bridgehead atoms. The second-order valence-electron chi connectivity index (χ2n) is 3.01. The number of nitrogens with zero attached hydrogens (tertiary/aromatic N) is 1. The summed E-state index contributed by atoms with van der Waals surface area (Å²) in [6, 6.07) is 8.07. The fourth-order valence-electron chi connectivity index (χ4n) is 1.38. The molecule has 0 atom stereocenters. The smallest absolute Gasteiger partial charge is 0.258 e. The highest BCUT2D eigenvalue weighted by molar-refractivity contribution is 7.20. The number of hydrogen-bond acceptors (Lipinski definition) is 3. The van der Waals surface area contributed by atoms with Crippen molar-refractivity contribution in [2.24, 2.45) is 0 Å². The molecule has 1 heterocycles. The molecule has 0 N–H and O–H groups in total. The van der Waals surface area contributed by atoms with Crippen molar-refractivity contribution in [2.45, 2.75) is 0 Å². The van der Waals surface area contributed by atoms with Gasteiger partial charge in [0.2, 0.25) is 0 Å². The summed E-state index contributed by atoms with van der Waals surface area (Å²) in [6.07, 6.45) is 0. The Hall–Kier alpha value is -1.10. The van der Waals surface area contributed by atoms with Crippen molar-refractivity contribution in [1.29, 1.82) is 0 Å². The fraction of sp³-hybridized carbons (Fsp3) is 0. The van der Waals surface area contributed by atoms with E-state index in [1.807, 2.05) is 0 Å². The molecule has 16 heavy (non-hydrogen) atoms. The number of rotatable bonds is 2. The Morgan fingerprint density at radius 2 is 1.88 bits per heavy atom. The van der Waals surface area contributed by atoms with Gasteiger partial charge in [0, 0.05) is 11.6 Å². The van der Waals surface area contributed by atoms with Gasteiger partial charge in [-0.2, -0.15) is 0 Å². The highest BCUT2D eigenvalue weighted by Gasteiger charge is 2.18. The molecule has 0 unspecified atom stereocenters. The van der Waals surface area contributed by atoms with Crippen LogP contribution in [0.3, 0.4) is 0 Å². The first kappa shape index (κ1) is 11.4. The van der Waals surface area contributed by atoms with Crippen molar-refractivity contribution >= 4 is 40.2 Å². The average molecular weight is 274 g/mol. The standard InChI is InChI=1S/C10H5Cl2NO2S/c11-9-5-7(10(12)16-9)6-3-1-2-4-8(6)13(14)15/h1-5H. The van der Waals surface area contributed by atoms with E-state index in [1.165, 1.54) is 17.4 Å². The van der Waals surface area contributed by atoms with Crippen LogP contribution in [0.25, 0.3) is 11.1 Å². The summed E-state index contributed by atoms with van der Waals surface area (Å²) in [6.45, 7) is 0. The minimum absolute atomic E-state index is 0.0267. The summed E-state index contributed by atoms with van der Waals surface area (Å²) in [5.41, 5.74) is 1.11. The topological polar surface area (TPSA) is 43.1 Å². The number of para-hydroxylation sites is 1. The minimum atomic E-state index is -0.433. The molecule has 0 saturated heterocycles. The first-order valence-electron chi connectivity index (χ1n) is 4.28. The molecule has 82 valence electrons. The quantitative estimate of drug-likeness (QED) is 0.591.